The monoisotopic (exact) mass is 201 g/mol. The Hall–Kier alpha value is -0.770. The third kappa shape index (κ3) is 7.86. The van der Waals surface area contributed by atoms with E-state index in [1.54, 1.807) is 0 Å². The number of nitrogens with zero attached hydrogens (tertiary/aromatic N) is 3. The molecule has 0 bridgehead atoms. The highest BCUT2D eigenvalue weighted by molar-refractivity contribution is 4.56. The molecule has 0 heterocycles. The molecule has 0 aromatic carbocycles. The first-order valence-electron chi connectivity index (χ1n) is 4.83. The van der Waals surface area contributed by atoms with E-state index in [0.29, 0.717) is 19.1 Å². The Labute approximate surface area is 85.0 Å². The fourth-order valence-electron chi connectivity index (χ4n) is 0.751. The Kier molecular flexibility index (Phi) is 7.20. The van der Waals surface area contributed by atoms with Crippen molar-refractivity contribution in [3.8, 4) is 0 Å². The third-order valence-electron chi connectivity index (χ3n) is 1.37. The molecular weight excluding hydrogens is 182 g/mol. The van der Waals surface area contributed by atoms with Crippen molar-refractivity contribution < 1.29 is 9.47 Å². The average Bonchev–Trinajstić information content (AvgIpc) is 2.09. The molecule has 0 radical (unpaired) electrons. The van der Waals surface area contributed by atoms with E-state index in [0.717, 1.165) is 0 Å². The van der Waals surface area contributed by atoms with Gasteiger partial charge in [-0.3, -0.25) is 0 Å². The van der Waals surface area contributed by atoms with E-state index in [1.165, 1.54) is 0 Å². The van der Waals surface area contributed by atoms with E-state index in [1.807, 2.05) is 27.7 Å². The van der Waals surface area contributed by atoms with E-state index in [2.05, 4.69) is 10.0 Å². The summed E-state index contributed by atoms with van der Waals surface area (Å²) < 4.78 is 10.6. The van der Waals surface area contributed by atoms with Gasteiger partial charge in [0.05, 0.1) is 12.7 Å². The molecule has 0 saturated carbocycles. The third-order valence-corrected chi connectivity index (χ3v) is 1.37. The standard InChI is InChI=1S/C9H19N3O2/c1-7(2)5-14-9(11-12-10)6-13-8(3)4/h7-9H,5-6H2,1-4H3. The molecule has 14 heavy (non-hydrogen) atoms. The van der Waals surface area contributed by atoms with Gasteiger partial charge in [-0.15, -0.1) is 0 Å². The average molecular weight is 201 g/mol. The van der Waals surface area contributed by atoms with Crippen molar-refractivity contribution in [2.75, 3.05) is 13.2 Å². The minimum absolute atomic E-state index is 0.119. The summed E-state index contributed by atoms with van der Waals surface area (Å²) in [6.45, 7) is 8.82. The predicted molar refractivity (Wildman–Crippen MR) is 54.8 cm³/mol. The quantitative estimate of drug-likeness (QED) is 0.361. The highest BCUT2D eigenvalue weighted by atomic mass is 16.5. The van der Waals surface area contributed by atoms with Crippen LogP contribution in [0.25, 0.3) is 10.4 Å². The van der Waals surface area contributed by atoms with Gasteiger partial charge in [-0.2, -0.15) is 0 Å². The van der Waals surface area contributed by atoms with Crippen LogP contribution < -0.4 is 0 Å². The summed E-state index contributed by atoms with van der Waals surface area (Å²) >= 11 is 0. The Morgan fingerprint density at radius 1 is 1.14 bits per heavy atom. The van der Waals surface area contributed by atoms with Gasteiger partial charge in [0.1, 0.15) is 0 Å². The Balaban J connectivity index is 3.83. The Morgan fingerprint density at radius 2 is 1.79 bits per heavy atom. The molecule has 5 nitrogen and oxygen atoms in total. The van der Waals surface area contributed by atoms with Crippen LogP contribution in [0.4, 0.5) is 0 Å². The zero-order chi connectivity index (χ0) is 11.0. The van der Waals surface area contributed by atoms with Crippen molar-refractivity contribution in [3.63, 3.8) is 0 Å². The topological polar surface area (TPSA) is 67.2 Å². The van der Waals surface area contributed by atoms with Gasteiger partial charge in [0, 0.05) is 11.5 Å². The lowest BCUT2D eigenvalue weighted by atomic mass is 10.2. The minimum atomic E-state index is -0.509. The summed E-state index contributed by atoms with van der Waals surface area (Å²) in [5.41, 5.74) is 8.29. The SMILES string of the molecule is CC(C)COC(COC(C)C)N=[N+]=[N-]. The molecule has 0 amide bonds. The molecular formula is C9H19N3O2. The predicted octanol–water partition coefficient (Wildman–Crippen LogP) is 2.72. The number of azide groups is 1. The first-order valence-corrected chi connectivity index (χ1v) is 4.83. The van der Waals surface area contributed by atoms with E-state index >= 15 is 0 Å². The van der Waals surface area contributed by atoms with Crippen LogP contribution in [0.3, 0.4) is 0 Å². The molecule has 0 rings (SSSR count). The van der Waals surface area contributed by atoms with Crippen LogP contribution in [0.15, 0.2) is 5.11 Å². The molecule has 5 heteroatoms. The number of hydrogen-bond donors (Lipinski definition) is 0. The molecule has 0 aliphatic heterocycles. The summed E-state index contributed by atoms with van der Waals surface area (Å²) in [5.74, 6) is 0.422. The second-order valence-corrected chi connectivity index (χ2v) is 3.77. The molecule has 0 aliphatic carbocycles. The first kappa shape index (κ1) is 13.2. The molecule has 0 saturated heterocycles. The van der Waals surface area contributed by atoms with E-state index in [4.69, 9.17) is 15.0 Å². The van der Waals surface area contributed by atoms with Crippen molar-refractivity contribution in [1.29, 1.82) is 0 Å². The van der Waals surface area contributed by atoms with Gasteiger partial charge in [0.15, 0.2) is 6.23 Å². The molecule has 0 fully saturated rings. The number of rotatable bonds is 7. The summed E-state index contributed by atoms with van der Waals surface area (Å²) in [5, 5.41) is 3.50. The maximum absolute atomic E-state index is 8.29. The van der Waals surface area contributed by atoms with Crippen molar-refractivity contribution in [3.05, 3.63) is 10.4 Å². The highest BCUT2D eigenvalue weighted by Crippen LogP contribution is 2.02. The van der Waals surface area contributed by atoms with E-state index in [-0.39, 0.29) is 6.10 Å². The van der Waals surface area contributed by atoms with Gasteiger partial charge in [-0.05, 0) is 25.3 Å². The lowest BCUT2D eigenvalue weighted by molar-refractivity contribution is -0.0389. The second-order valence-electron chi connectivity index (χ2n) is 3.77. The van der Waals surface area contributed by atoms with Crippen LogP contribution in [0.2, 0.25) is 0 Å². The van der Waals surface area contributed by atoms with Gasteiger partial charge in [-0.1, -0.05) is 19.0 Å². The van der Waals surface area contributed by atoms with Crippen LogP contribution in [0.1, 0.15) is 27.7 Å². The number of hydrogen-bond acceptors (Lipinski definition) is 3. The maximum atomic E-state index is 8.29. The summed E-state index contributed by atoms with van der Waals surface area (Å²) in [4.78, 5) is 2.71. The maximum Gasteiger partial charge on any atom is 0.159 e. The van der Waals surface area contributed by atoms with Gasteiger partial charge >= 0.3 is 0 Å². The normalized spacial score (nSPS) is 13.0. The molecule has 0 N–H and O–H groups in total. The smallest absolute Gasteiger partial charge is 0.159 e. The second kappa shape index (κ2) is 7.62. The van der Waals surface area contributed by atoms with E-state index < -0.39 is 6.23 Å². The lowest BCUT2D eigenvalue weighted by Crippen LogP contribution is -2.21. The fourth-order valence-corrected chi connectivity index (χ4v) is 0.751. The van der Waals surface area contributed by atoms with Crippen LogP contribution in [0, 0.1) is 5.92 Å². The highest BCUT2D eigenvalue weighted by Gasteiger charge is 2.08. The van der Waals surface area contributed by atoms with Gasteiger partial charge < -0.3 is 9.47 Å². The molecule has 0 aliphatic rings. The van der Waals surface area contributed by atoms with Crippen molar-refractivity contribution in [1.82, 2.24) is 0 Å². The first-order chi connectivity index (χ1) is 6.56. The van der Waals surface area contributed by atoms with Crippen LogP contribution >= 0.6 is 0 Å². The molecule has 1 unspecified atom stereocenters. The molecule has 1 atom stereocenters. The van der Waals surface area contributed by atoms with Gasteiger partial charge in [-0.25, -0.2) is 0 Å². The zero-order valence-corrected chi connectivity index (χ0v) is 9.30. The summed E-state index contributed by atoms with van der Waals surface area (Å²) in [6.07, 6.45) is -0.390. The fraction of sp³-hybridized carbons (Fsp3) is 1.00. The van der Waals surface area contributed by atoms with Crippen LogP contribution in [-0.4, -0.2) is 25.5 Å². The van der Waals surface area contributed by atoms with Crippen molar-refractivity contribution in [2.45, 2.75) is 40.0 Å². The minimum Gasteiger partial charge on any atom is -0.376 e. The molecule has 0 aromatic rings. The lowest BCUT2D eigenvalue weighted by Gasteiger charge is -2.15. The molecule has 82 valence electrons. The van der Waals surface area contributed by atoms with Crippen LogP contribution in [-0.2, 0) is 9.47 Å². The Morgan fingerprint density at radius 3 is 2.21 bits per heavy atom. The van der Waals surface area contributed by atoms with Crippen molar-refractivity contribution in [2.24, 2.45) is 11.0 Å². The van der Waals surface area contributed by atoms with E-state index in [9.17, 15) is 0 Å². The van der Waals surface area contributed by atoms with Gasteiger partial charge in [0.25, 0.3) is 0 Å². The molecule has 0 aromatic heterocycles. The van der Waals surface area contributed by atoms with Crippen LogP contribution in [0.5, 0.6) is 0 Å². The zero-order valence-electron chi connectivity index (χ0n) is 9.30. The number of ether oxygens (including phenoxy) is 2. The molecule has 0 spiro atoms. The summed E-state index contributed by atoms with van der Waals surface area (Å²) in [6, 6.07) is 0. The summed E-state index contributed by atoms with van der Waals surface area (Å²) in [7, 11) is 0. The Bertz CT molecular complexity index is 176. The largest absolute Gasteiger partial charge is 0.376 e. The van der Waals surface area contributed by atoms with Gasteiger partial charge in [0.2, 0.25) is 0 Å². The van der Waals surface area contributed by atoms with Crippen molar-refractivity contribution >= 4 is 0 Å².